The molecule has 2 aromatic carbocycles. The SMILES string of the molecule is CC(C)(CCCOc1ccc(F)cc1F)C(=O)N[C@H]1CC[C@H](Oc2ccc(S(C)(=O)=O)cc2)CC1. The summed E-state index contributed by atoms with van der Waals surface area (Å²) in [7, 11) is -3.24. The van der Waals surface area contributed by atoms with Crippen LogP contribution in [0.5, 0.6) is 11.5 Å². The second kappa shape index (κ2) is 11.4. The van der Waals surface area contributed by atoms with Gasteiger partial charge in [0.25, 0.3) is 0 Å². The molecule has 1 aliphatic carbocycles. The number of hydrogen-bond donors (Lipinski definition) is 1. The zero-order chi connectivity index (χ0) is 25.6. The Hall–Kier alpha value is -2.68. The van der Waals surface area contributed by atoms with Gasteiger partial charge in [-0.2, -0.15) is 0 Å². The van der Waals surface area contributed by atoms with Gasteiger partial charge in [0.2, 0.25) is 5.91 Å². The smallest absolute Gasteiger partial charge is 0.225 e. The molecular formula is C26H33F2NO5S. The van der Waals surface area contributed by atoms with Gasteiger partial charge >= 0.3 is 0 Å². The molecule has 0 aliphatic heterocycles. The Labute approximate surface area is 205 Å². The minimum atomic E-state index is -3.24. The summed E-state index contributed by atoms with van der Waals surface area (Å²) < 4.78 is 61.2. The highest BCUT2D eigenvalue weighted by atomic mass is 32.2. The van der Waals surface area contributed by atoms with Crippen molar-refractivity contribution in [3.63, 3.8) is 0 Å². The van der Waals surface area contributed by atoms with E-state index in [9.17, 15) is 22.0 Å². The molecule has 9 heteroatoms. The van der Waals surface area contributed by atoms with Gasteiger partial charge < -0.3 is 14.8 Å². The predicted octanol–water partition coefficient (Wildman–Crippen LogP) is 5.06. The molecule has 3 rings (SSSR count). The van der Waals surface area contributed by atoms with E-state index in [-0.39, 0.29) is 35.3 Å². The molecule has 1 N–H and O–H groups in total. The number of sulfone groups is 1. The van der Waals surface area contributed by atoms with Crippen LogP contribution in [-0.2, 0) is 14.6 Å². The fourth-order valence-corrected chi connectivity index (χ4v) is 4.70. The Balaban J connectivity index is 1.39. The molecule has 192 valence electrons. The average Bonchev–Trinajstić information content (AvgIpc) is 2.79. The van der Waals surface area contributed by atoms with Gasteiger partial charge in [0.05, 0.1) is 17.6 Å². The molecule has 1 aliphatic rings. The summed E-state index contributed by atoms with van der Waals surface area (Å²) in [5.74, 6) is -0.803. The van der Waals surface area contributed by atoms with Gasteiger partial charge in [-0.1, -0.05) is 13.8 Å². The van der Waals surface area contributed by atoms with Crippen LogP contribution in [0.15, 0.2) is 47.4 Å². The third-order valence-corrected chi connectivity index (χ3v) is 7.40. The number of halogens is 2. The molecule has 0 bridgehead atoms. The number of hydrogen-bond acceptors (Lipinski definition) is 5. The predicted molar refractivity (Wildman–Crippen MR) is 129 cm³/mol. The Morgan fingerprint density at radius 2 is 1.71 bits per heavy atom. The van der Waals surface area contributed by atoms with Crippen molar-refractivity contribution < 1.29 is 31.5 Å². The molecule has 1 amide bonds. The number of carbonyl (C=O) groups excluding carboxylic acids is 1. The largest absolute Gasteiger partial charge is 0.491 e. The highest BCUT2D eigenvalue weighted by Crippen LogP contribution is 2.28. The standard InChI is InChI=1S/C26H33F2NO5S/c1-26(2,15-4-16-33-24-14-5-18(27)17-23(24)28)25(30)29-19-6-8-20(9-7-19)34-21-10-12-22(13-11-21)35(3,31)32/h5,10-14,17,19-20H,4,6-9,15-16H2,1-3H3,(H,29,30)/t19-,20-. The van der Waals surface area contributed by atoms with Crippen molar-refractivity contribution in [3.8, 4) is 11.5 Å². The van der Waals surface area contributed by atoms with Crippen LogP contribution in [-0.4, -0.2) is 39.3 Å². The highest BCUT2D eigenvalue weighted by molar-refractivity contribution is 7.90. The van der Waals surface area contributed by atoms with E-state index in [2.05, 4.69) is 5.32 Å². The van der Waals surface area contributed by atoms with Crippen LogP contribution in [0.4, 0.5) is 8.78 Å². The molecule has 0 spiro atoms. The summed E-state index contributed by atoms with van der Waals surface area (Å²) in [6.07, 6.45) is 5.46. The van der Waals surface area contributed by atoms with E-state index >= 15 is 0 Å². The van der Waals surface area contributed by atoms with Crippen LogP contribution in [0.25, 0.3) is 0 Å². The van der Waals surface area contributed by atoms with Gasteiger partial charge in [0.15, 0.2) is 21.4 Å². The lowest BCUT2D eigenvalue weighted by Gasteiger charge is -2.32. The quantitative estimate of drug-likeness (QED) is 0.453. The second-order valence-corrected chi connectivity index (χ2v) is 11.7. The molecule has 35 heavy (non-hydrogen) atoms. The third-order valence-electron chi connectivity index (χ3n) is 6.28. The van der Waals surface area contributed by atoms with Crippen LogP contribution < -0.4 is 14.8 Å². The molecule has 2 aromatic rings. The van der Waals surface area contributed by atoms with E-state index in [1.165, 1.54) is 12.3 Å². The summed E-state index contributed by atoms with van der Waals surface area (Å²) in [5.41, 5.74) is -0.612. The fourth-order valence-electron chi connectivity index (χ4n) is 4.07. The zero-order valence-electron chi connectivity index (χ0n) is 20.4. The molecular weight excluding hydrogens is 476 g/mol. The van der Waals surface area contributed by atoms with Gasteiger partial charge in [-0.15, -0.1) is 0 Å². The second-order valence-electron chi connectivity index (χ2n) is 9.72. The first kappa shape index (κ1) is 26.9. The Kier molecular flexibility index (Phi) is 8.74. The average molecular weight is 510 g/mol. The van der Waals surface area contributed by atoms with Crippen LogP contribution >= 0.6 is 0 Å². The van der Waals surface area contributed by atoms with Crippen molar-refractivity contribution in [2.24, 2.45) is 5.41 Å². The lowest BCUT2D eigenvalue weighted by Crippen LogP contribution is -2.45. The van der Waals surface area contributed by atoms with Crippen molar-refractivity contribution in [2.75, 3.05) is 12.9 Å². The maximum Gasteiger partial charge on any atom is 0.225 e. The van der Waals surface area contributed by atoms with E-state index in [4.69, 9.17) is 9.47 Å². The van der Waals surface area contributed by atoms with Crippen molar-refractivity contribution in [2.45, 2.75) is 69.4 Å². The summed E-state index contributed by atoms with van der Waals surface area (Å²) >= 11 is 0. The van der Waals surface area contributed by atoms with E-state index < -0.39 is 26.9 Å². The molecule has 0 unspecified atom stereocenters. The van der Waals surface area contributed by atoms with Crippen LogP contribution in [0, 0.1) is 17.0 Å². The lowest BCUT2D eigenvalue weighted by molar-refractivity contribution is -0.130. The third kappa shape index (κ3) is 7.92. The maximum atomic E-state index is 13.6. The van der Waals surface area contributed by atoms with Crippen molar-refractivity contribution in [1.82, 2.24) is 5.32 Å². The number of ether oxygens (including phenoxy) is 2. The van der Waals surface area contributed by atoms with Crippen LogP contribution in [0.2, 0.25) is 0 Å². The molecule has 0 radical (unpaired) electrons. The number of rotatable bonds is 10. The van der Waals surface area contributed by atoms with E-state index in [0.717, 1.165) is 37.8 Å². The highest BCUT2D eigenvalue weighted by Gasteiger charge is 2.31. The summed E-state index contributed by atoms with van der Waals surface area (Å²) in [6, 6.07) is 9.67. The van der Waals surface area contributed by atoms with Crippen molar-refractivity contribution in [3.05, 3.63) is 54.1 Å². The Morgan fingerprint density at radius 1 is 1.06 bits per heavy atom. The molecule has 0 aromatic heterocycles. The van der Waals surface area contributed by atoms with Gasteiger partial charge in [-0.05, 0) is 74.9 Å². The summed E-state index contributed by atoms with van der Waals surface area (Å²) in [5, 5.41) is 3.14. The molecule has 0 atom stereocenters. The summed E-state index contributed by atoms with van der Waals surface area (Å²) in [4.78, 5) is 13.1. The molecule has 0 heterocycles. The molecule has 1 fully saturated rings. The van der Waals surface area contributed by atoms with E-state index in [1.807, 2.05) is 13.8 Å². The molecule has 6 nitrogen and oxygen atoms in total. The van der Waals surface area contributed by atoms with Gasteiger partial charge in [0, 0.05) is 23.8 Å². The molecule has 0 saturated heterocycles. The first-order valence-corrected chi connectivity index (χ1v) is 13.7. The van der Waals surface area contributed by atoms with E-state index in [1.54, 1.807) is 24.3 Å². The van der Waals surface area contributed by atoms with Crippen LogP contribution in [0.1, 0.15) is 52.4 Å². The molecule has 1 saturated carbocycles. The van der Waals surface area contributed by atoms with Gasteiger partial charge in [-0.3, -0.25) is 4.79 Å². The number of nitrogens with one attached hydrogen (secondary N) is 1. The maximum absolute atomic E-state index is 13.6. The fraction of sp³-hybridized carbons (Fsp3) is 0.500. The zero-order valence-corrected chi connectivity index (χ0v) is 21.2. The Morgan fingerprint density at radius 3 is 2.31 bits per heavy atom. The minimum absolute atomic E-state index is 0.000948. The lowest BCUT2D eigenvalue weighted by atomic mass is 9.85. The van der Waals surface area contributed by atoms with Crippen molar-refractivity contribution in [1.29, 1.82) is 0 Å². The topological polar surface area (TPSA) is 81.7 Å². The van der Waals surface area contributed by atoms with Crippen molar-refractivity contribution >= 4 is 15.7 Å². The van der Waals surface area contributed by atoms with Gasteiger partial charge in [0.1, 0.15) is 11.6 Å². The first-order valence-electron chi connectivity index (χ1n) is 11.8. The monoisotopic (exact) mass is 509 g/mol. The van der Waals surface area contributed by atoms with Gasteiger partial charge in [-0.25, -0.2) is 17.2 Å². The number of carbonyl (C=O) groups is 1. The minimum Gasteiger partial charge on any atom is -0.491 e. The number of amides is 1. The number of benzene rings is 2. The normalized spacial score (nSPS) is 18.7. The Bertz CT molecular complexity index is 1110. The van der Waals surface area contributed by atoms with Crippen LogP contribution in [0.3, 0.4) is 0 Å². The first-order chi connectivity index (χ1) is 16.4. The van der Waals surface area contributed by atoms with E-state index in [0.29, 0.717) is 18.6 Å². The summed E-state index contributed by atoms with van der Waals surface area (Å²) in [6.45, 7) is 3.97.